The van der Waals surface area contributed by atoms with E-state index in [-0.39, 0.29) is 28.4 Å². The summed E-state index contributed by atoms with van der Waals surface area (Å²) in [6.45, 7) is 14.9. The zero-order valence-corrected chi connectivity index (χ0v) is 26.7. The normalized spacial score (nSPS) is 33.9. The van der Waals surface area contributed by atoms with E-state index in [0.717, 1.165) is 56.6 Å². The lowest BCUT2D eigenvalue weighted by molar-refractivity contribution is -0.101. The Morgan fingerprint density at radius 2 is 1.90 bits per heavy atom. The van der Waals surface area contributed by atoms with Gasteiger partial charge in [-0.15, -0.1) is 0 Å². The van der Waals surface area contributed by atoms with Crippen LogP contribution in [0.3, 0.4) is 0 Å². The van der Waals surface area contributed by atoms with Crippen molar-refractivity contribution in [1.29, 1.82) is 0 Å². The summed E-state index contributed by atoms with van der Waals surface area (Å²) in [5, 5.41) is 9.85. The molecule has 6 atom stereocenters. The number of likely N-dealkylation sites (tertiary alicyclic amines) is 2. The smallest absolute Gasteiger partial charge is 0.254 e. The van der Waals surface area contributed by atoms with Gasteiger partial charge in [0, 0.05) is 42.8 Å². The number of carbonyl (C=O) groups excluding carboxylic acids is 1. The summed E-state index contributed by atoms with van der Waals surface area (Å²) in [6, 6.07) is 17.9. The van der Waals surface area contributed by atoms with Crippen molar-refractivity contribution in [2.45, 2.75) is 94.9 Å². The van der Waals surface area contributed by atoms with Crippen molar-refractivity contribution in [2.24, 2.45) is 17.3 Å². The number of benzene rings is 2. The summed E-state index contributed by atoms with van der Waals surface area (Å²) >= 11 is 0. The highest BCUT2D eigenvalue weighted by atomic mass is 28.4. The first-order chi connectivity index (χ1) is 19.5. The third kappa shape index (κ3) is 3.82. The molecule has 2 aliphatic heterocycles. The zero-order valence-electron chi connectivity index (χ0n) is 25.7. The minimum absolute atomic E-state index is 0.0903. The Morgan fingerprint density at radius 3 is 2.63 bits per heavy atom. The maximum atomic E-state index is 13.9. The molecule has 0 aromatic heterocycles. The predicted octanol–water partition coefficient (Wildman–Crippen LogP) is 6.26. The Balaban J connectivity index is 1.33. The van der Waals surface area contributed by atoms with Gasteiger partial charge in [-0.3, -0.25) is 9.69 Å². The molecule has 6 heteroatoms. The number of fused-ring (bicyclic) bond motifs is 1. The zero-order chi connectivity index (χ0) is 28.8. The van der Waals surface area contributed by atoms with Gasteiger partial charge < -0.3 is 14.4 Å². The lowest BCUT2D eigenvalue weighted by Crippen LogP contribution is -2.69. The highest BCUT2D eigenvalue weighted by Gasteiger charge is 2.76. The molecule has 220 valence electrons. The van der Waals surface area contributed by atoms with Crippen LogP contribution in [-0.4, -0.2) is 67.5 Å². The topological polar surface area (TPSA) is 53.0 Å². The van der Waals surface area contributed by atoms with Gasteiger partial charge in [0.05, 0.1) is 0 Å². The number of hydrogen-bond donors (Lipinski definition) is 1. The van der Waals surface area contributed by atoms with Crippen molar-refractivity contribution in [1.82, 2.24) is 9.80 Å². The largest absolute Gasteiger partial charge is 0.543 e. The molecule has 2 aromatic rings. The first kappa shape index (κ1) is 27.7. The van der Waals surface area contributed by atoms with Crippen LogP contribution in [0.25, 0.3) is 0 Å². The molecule has 2 saturated carbocycles. The molecule has 7 rings (SSSR count). The summed E-state index contributed by atoms with van der Waals surface area (Å²) < 4.78 is 6.93. The van der Waals surface area contributed by atoms with Crippen LogP contribution in [0.5, 0.6) is 5.75 Å². The van der Waals surface area contributed by atoms with Crippen molar-refractivity contribution >= 4 is 14.2 Å². The first-order valence-corrected chi connectivity index (χ1v) is 19.0. The maximum Gasteiger partial charge on any atom is 0.254 e. The van der Waals surface area contributed by atoms with E-state index in [0.29, 0.717) is 23.9 Å². The standard InChI is InChI=1S/C35H48N2O3Si/c1-33(2,3)41(4,5)40-27-13-12-25-20-30-34-15-14-29-31(35(34,28(25)21-27)16-18-36(30)17-9-19-38)26(22-34)23-37(29)32(39)24-10-7-6-8-11-24/h6-8,10-13,21,26,29-31,38H,9,14-20,22-23H2,1-5H3/t26-,29?,30?,31?,34?,35?/m1/s1. The summed E-state index contributed by atoms with van der Waals surface area (Å²) in [4.78, 5) is 18.9. The van der Waals surface area contributed by atoms with E-state index in [1.54, 1.807) is 5.56 Å². The lowest BCUT2D eigenvalue weighted by Gasteiger charge is -2.66. The van der Waals surface area contributed by atoms with Crippen molar-refractivity contribution in [3.8, 4) is 5.75 Å². The van der Waals surface area contributed by atoms with Gasteiger partial charge in [0.1, 0.15) is 5.75 Å². The number of nitrogens with zero attached hydrogens (tertiary/aromatic N) is 2. The molecule has 5 nitrogen and oxygen atoms in total. The molecule has 0 radical (unpaired) electrons. The Kier molecular flexibility index (Phi) is 6.36. The number of aliphatic hydroxyl groups is 1. The number of aliphatic hydroxyl groups excluding tert-OH is 1. The second-order valence-corrected chi connectivity index (χ2v) is 20.0. The average molecular weight is 573 g/mol. The minimum Gasteiger partial charge on any atom is -0.543 e. The Hall–Kier alpha value is -2.15. The van der Waals surface area contributed by atoms with Crippen LogP contribution >= 0.6 is 0 Å². The number of hydrogen-bond acceptors (Lipinski definition) is 4. The second-order valence-electron chi connectivity index (χ2n) is 15.3. The number of carbonyl (C=O) groups is 1. The van der Waals surface area contributed by atoms with Crippen LogP contribution in [-0.2, 0) is 11.8 Å². The van der Waals surface area contributed by atoms with E-state index in [9.17, 15) is 9.90 Å². The van der Waals surface area contributed by atoms with Gasteiger partial charge in [0.25, 0.3) is 5.91 Å². The van der Waals surface area contributed by atoms with Gasteiger partial charge in [0.15, 0.2) is 0 Å². The maximum absolute atomic E-state index is 13.9. The highest BCUT2D eigenvalue weighted by molar-refractivity contribution is 6.74. The van der Waals surface area contributed by atoms with Crippen LogP contribution in [0, 0.1) is 17.3 Å². The Morgan fingerprint density at radius 1 is 1.12 bits per heavy atom. The molecule has 4 bridgehead atoms. The van der Waals surface area contributed by atoms with Crippen LogP contribution in [0.2, 0.25) is 18.1 Å². The van der Waals surface area contributed by atoms with E-state index in [4.69, 9.17) is 4.43 Å². The van der Waals surface area contributed by atoms with Gasteiger partial charge in [-0.1, -0.05) is 45.0 Å². The number of amides is 1. The quantitative estimate of drug-likeness (QED) is 0.415. The SMILES string of the molecule is CC(C)(C)[Si](C)(C)Oc1ccc2c(c1)C13CCN(CCCO)C(C2)C12CCC1C3[C@@H](CN1C(=O)c1ccccc1)C2. The van der Waals surface area contributed by atoms with Crippen molar-refractivity contribution in [3.05, 3.63) is 65.2 Å². The van der Waals surface area contributed by atoms with Crippen LogP contribution in [0.1, 0.15) is 74.4 Å². The fourth-order valence-corrected chi connectivity index (χ4v) is 11.1. The molecule has 5 unspecified atom stereocenters. The van der Waals surface area contributed by atoms with Gasteiger partial charge in [0.2, 0.25) is 8.32 Å². The summed E-state index contributed by atoms with van der Waals surface area (Å²) in [5.74, 6) is 2.33. The van der Waals surface area contributed by atoms with Gasteiger partial charge in [-0.05, 0) is 116 Å². The fourth-order valence-electron chi connectivity index (χ4n) is 10.1. The van der Waals surface area contributed by atoms with Crippen LogP contribution in [0.4, 0.5) is 0 Å². The van der Waals surface area contributed by atoms with Crippen LogP contribution < -0.4 is 4.43 Å². The molecule has 3 aliphatic carbocycles. The second kappa shape index (κ2) is 9.42. The van der Waals surface area contributed by atoms with E-state index < -0.39 is 8.32 Å². The third-order valence-corrected chi connectivity index (χ3v) is 17.0. The molecule has 2 heterocycles. The van der Waals surface area contributed by atoms with Crippen molar-refractivity contribution < 1.29 is 14.3 Å². The molecule has 1 amide bonds. The molecule has 0 spiro atoms. The minimum atomic E-state index is -1.98. The van der Waals surface area contributed by atoms with E-state index in [1.807, 2.05) is 30.3 Å². The van der Waals surface area contributed by atoms with Crippen LogP contribution in [0.15, 0.2) is 48.5 Å². The fraction of sp³-hybridized carbons (Fsp3) is 0.629. The monoisotopic (exact) mass is 572 g/mol. The molecular weight excluding hydrogens is 524 g/mol. The van der Waals surface area contributed by atoms with Gasteiger partial charge in [-0.25, -0.2) is 0 Å². The number of rotatable bonds is 6. The van der Waals surface area contributed by atoms with E-state index in [1.165, 1.54) is 18.4 Å². The predicted molar refractivity (Wildman–Crippen MR) is 166 cm³/mol. The molecule has 2 aromatic carbocycles. The molecule has 41 heavy (non-hydrogen) atoms. The Labute approximate surface area is 247 Å². The molecule has 5 aliphatic rings. The summed E-state index contributed by atoms with van der Waals surface area (Å²) in [7, 11) is -1.98. The molecule has 1 N–H and O–H groups in total. The third-order valence-electron chi connectivity index (χ3n) is 12.6. The summed E-state index contributed by atoms with van der Waals surface area (Å²) in [5.41, 5.74) is 4.21. The summed E-state index contributed by atoms with van der Waals surface area (Å²) in [6.07, 6.45) is 6.62. The molecular formula is C35H48N2O3Si. The van der Waals surface area contributed by atoms with Gasteiger partial charge >= 0.3 is 0 Å². The molecule has 2 saturated heterocycles. The first-order valence-electron chi connectivity index (χ1n) is 16.1. The highest BCUT2D eigenvalue weighted by Crippen LogP contribution is 2.75. The van der Waals surface area contributed by atoms with E-state index >= 15 is 0 Å². The number of piperidine rings is 1. The lowest BCUT2D eigenvalue weighted by atomic mass is 9.43. The Bertz CT molecular complexity index is 1340. The molecule has 4 fully saturated rings. The average Bonchev–Trinajstić information content (AvgIpc) is 3.38. The van der Waals surface area contributed by atoms with Crippen molar-refractivity contribution in [2.75, 3.05) is 26.2 Å². The van der Waals surface area contributed by atoms with E-state index in [2.05, 4.69) is 61.9 Å². The van der Waals surface area contributed by atoms with Gasteiger partial charge in [-0.2, -0.15) is 0 Å². The van der Waals surface area contributed by atoms with Crippen molar-refractivity contribution in [3.63, 3.8) is 0 Å².